The number of benzene rings is 2. The summed E-state index contributed by atoms with van der Waals surface area (Å²) in [5.41, 5.74) is 5.03. The van der Waals surface area contributed by atoms with Crippen molar-refractivity contribution in [3.05, 3.63) is 69.8 Å². The summed E-state index contributed by atoms with van der Waals surface area (Å²) in [7, 11) is 0. The van der Waals surface area contributed by atoms with Gasteiger partial charge in [-0.25, -0.2) is 0 Å². The lowest BCUT2D eigenvalue weighted by Crippen LogP contribution is -2.48. The normalized spacial score (nSPS) is 12.5. The van der Waals surface area contributed by atoms with E-state index in [1.165, 1.54) is 24.3 Å². The molecule has 2 rings (SSSR count). The highest BCUT2D eigenvalue weighted by atomic mass is 16.6. The third kappa shape index (κ3) is 5.54. The molecule has 0 aliphatic rings. The Morgan fingerprint density at radius 1 is 1.03 bits per heavy atom. The molecular formula is C21H25N3O5. The maximum absolute atomic E-state index is 12.5. The molecule has 8 nitrogen and oxygen atoms in total. The molecule has 2 aromatic carbocycles. The SMILES string of the molecule is CCC(Oc1ccccc1C(C)CC)C(=O)NNC(=O)c1ccccc1[N+](=O)[O-]. The van der Waals surface area contributed by atoms with Gasteiger partial charge in [0.25, 0.3) is 17.5 Å². The van der Waals surface area contributed by atoms with Crippen molar-refractivity contribution in [1.82, 2.24) is 10.9 Å². The van der Waals surface area contributed by atoms with Gasteiger partial charge >= 0.3 is 0 Å². The molecule has 8 heteroatoms. The van der Waals surface area contributed by atoms with Crippen molar-refractivity contribution >= 4 is 17.5 Å². The summed E-state index contributed by atoms with van der Waals surface area (Å²) < 4.78 is 5.91. The molecule has 0 fully saturated rings. The van der Waals surface area contributed by atoms with Gasteiger partial charge in [0.2, 0.25) is 0 Å². The van der Waals surface area contributed by atoms with Crippen LogP contribution in [0.2, 0.25) is 0 Å². The summed E-state index contributed by atoms with van der Waals surface area (Å²) in [5.74, 6) is -0.433. The zero-order valence-electron chi connectivity index (χ0n) is 16.7. The Morgan fingerprint density at radius 3 is 2.34 bits per heavy atom. The van der Waals surface area contributed by atoms with Gasteiger partial charge in [0.15, 0.2) is 6.10 Å². The van der Waals surface area contributed by atoms with Crippen molar-refractivity contribution < 1.29 is 19.2 Å². The van der Waals surface area contributed by atoms with Crippen LogP contribution < -0.4 is 15.6 Å². The molecule has 0 saturated carbocycles. The van der Waals surface area contributed by atoms with E-state index < -0.39 is 22.8 Å². The van der Waals surface area contributed by atoms with Crippen LogP contribution in [-0.4, -0.2) is 22.8 Å². The van der Waals surface area contributed by atoms with Crippen LogP contribution in [-0.2, 0) is 4.79 Å². The molecule has 0 aromatic heterocycles. The fourth-order valence-electron chi connectivity index (χ4n) is 2.78. The third-order valence-electron chi connectivity index (χ3n) is 4.64. The molecule has 0 heterocycles. The van der Waals surface area contributed by atoms with Gasteiger partial charge < -0.3 is 4.74 Å². The number of carbonyl (C=O) groups excluding carboxylic acids is 2. The van der Waals surface area contributed by atoms with Crippen LogP contribution in [0, 0.1) is 10.1 Å². The Morgan fingerprint density at radius 2 is 1.69 bits per heavy atom. The molecule has 2 amide bonds. The second-order valence-electron chi connectivity index (χ2n) is 6.58. The zero-order chi connectivity index (χ0) is 21.4. The molecule has 0 saturated heterocycles. The largest absolute Gasteiger partial charge is 0.480 e. The number of hydrazine groups is 1. The Kier molecular flexibility index (Phi) is 7.70. The van der Waals surface area contributed by atoms with Gasteiger partial charge in [0, 0.05) is 6.07 Å². The van der Waals surface area contributed by atoms with Crippen LogP contribution in [0.5, 0.6) is 5.75 Å². The van der Waals surface area contributed by atoms with Crippen molar-refractivity contribution in [2.75, 3.05) is 0 Å². The molecule has 154 valence electrons. The van der Waals surface area contributed by atoms with E-state index in [9.17, 15) is 19.7 Å². The minimum Gasteiger partial charge on any atom is -0.480 e. The molecular weight excluding hydrogens is 374 g/mol. The maximum atomic E-state index is 12.5. The molecule has 0 spiro atoms. The number of amides is 2. The van der Waals surface area contributed by atoms with E-state index in [-0.39, 0.29) is 17.2 Å². The van der Waals surface area contributed by atoms with Crippen LogP contribution in [0.1, 0.15) is 55.5 Å². The van der Waals surface area contributed by atoms with Gasteiger partial charge in [-0.3, -0.25) is 30.6 Å². The lowest BCUT2D eigenvalue weighted by atomic mass is 9.98. The highest BCUT2D eigenvalue weighted by Crippen LogP contribution is 2.29. The standard InChI is InChI=1S/C21H25N3O5/c1-4-14(3)15-10-7-9-13-19(15)29-18(5-2)21(26)23-22-20(25)16-11-6-8-12-17(16)24(27)28/h6-14,18H,4-5H2,1-3H3,(H,22,25)(H,23,26). The summed E-state index contributed by atoms with van der Waals surface area (Å²) >= 11 is 0. The minimum atomic E-state index is -0.828. The fourth-order valence-corrected chi connectivity index (χ4v) is 2.78. The van der Waals surface area contributed by atoms with Crippen LogP contribution in [0.4, 0.5) is 5.69 Å². The summed E-state index contributed by atoms with van der Waals surface area (Å²) in [6.07, 6.45) is 0.475. The first-order valence-electron chi connectivity index (χ1n) is 9.48. The van der Waals surface area contributed by atoms with Crippen LogP contribution in [0.25, 0.3) is 0 Å². The topological polar surface area (TPSA) is 111 Å². The van der Waals surface area contributed by atoms with Crippen molar-refractivity contribution in [2.24, 2.45) is 0 Å². The predicted molar refractivity (Wildman–Crippen MR) is 109 cm³/mol. The van der Waals surface area contributed by atoms with Gasteiger partial charge in [-0.2, -0.15) is 0 Å². The summed E-state index contributed by atoms with van der Waals surface area (Å²) in [5, 5.41) is 11.1. The third-order valence-corrected chi connectivity index (χ3v) is 4.64. The van der Waals surface area contributed by atoms with Crippen LogP contribution in [0.15, 0.2) is 48.5 Å². The second-order valence-corrected chi connectivity index (χ2v) is 6.58. The Balaban J connectivity index is 2.06. The van der Waals surface area contributed by atoms with E-state index in [2.05, 4.69) is 24.7 Å². The fraction of sp³-hybridized carbons (Fsp3) is 0.333. The first-order chi connectivity index (χ1) is 13.9. The molecule has 2 unspecified atom stereocenters. The summed E-state index contributed by atoms with van der Waals surface area (Å²) in [6.45, 7) is 5.94. The first kappa shape index (κ1) is 21.9. The number of nitrogens with zero attached hydrogens (tertiary/aromatic N) is 1. The van der Waals surface area contributed by atoms with E-state index in [0.29, 0.717) is 12.2 Å². The van der Waals surface area contributed by atoms with Crippen molar-refractivity contribution in [3.8, 4) is 5.75 Å². The number of hydrogen-bond acceptors (Lipinski definition) is 5. The van der Waals surface area contributed by atoms with Gasteiger partial charge in [-0.05, 0) is 36.5 Å². The summed E-state index contributed by atoms with van der Waals surface area (Å²) in [6, 6.07) is 13.0. The molecule has 2 aromatic rings. The van der Waals surface area contributed by atoms with E-state index in [1.807, 2.05) is 24.3 Å². The molecule has 0 aliphatic carbocycles. The average Bonchev–Trinajstić information content (AvgIpc) is 2.75. The molecule has 0 bridgehead atoms. The number of para-hydroxylation sites is 2. The number of carbonyl (C=O) groups is 2. The Labute approximate surface area is 169 Å². The van der Waals surface area contributed by atoms with Gasteiger partial charge in [0.1, 0.15) is 11.3 Å². The van der Waals surface area contributed by atoms with E-state index in [0.717, 1.165) is 12.0 Å². The number of nitrogens with one attached hydrogen (secondary N) is 2. The lowest BCUT2D eigenvalue weighted by molar-refractivity contribution is -0.385. The van der Waals surface area contributed by atoms with Crippen LogP contribution >= 0.6 is 0 Å². The van der Waals surface area contributed by atoms with Gasteiger partial charge in [-0.1, -0.05) is 51.1 Å². The van der Waals surface area contributed by atoms with E-state index in [4.69, 9.17) is 4.74 Å². The molecule has 2 atom stereocenters. The number of ether oxygens (including phenoxy) is 1. The van der Waals surface area contributed by atoms with Crippen molar-refractivity contribution in [2.45, 2.75) is 45.6 Å². The number of nitro groups is 1. The first-order valence-corrected chi connectivity index (χ1v) is 9.48. The quantitative estimate of drug-likeness (QED) is 0.519. The van der Waals surface area contributed by atoms with Gasteiger partial charge in [0.05, 0.1) is 4.92 Å². The zero-order valence-corrected chi connectivity index (χ0v) is 16.7. The average molecular weight is 399 g/mol. The monoisotopic (exact) mass is 399 g/mol. The number of rotatable bonds is 8. The van der Waals surface area contributed by atoms with E-state index >= 15 is 0 Å². The van der Waals surface area contributed by atoms with E-state index in [1.54, 1.807) is 6.92 Å². The molecule has 0 aliphatic heterocycles. The lowest BCUT2D eigenvalue weighted by Gasteiger charge is -2.21. The maximum Gasteiger partial charge on any atom is 0.282 e. The minimum absolute atomic E-state index is 0.145. The predicted octanol–water partition coefficient (Wildman–Crippen LogP) is 3.73. The highest BCUT2D eigenvalue weighted by Gasteiger charge is 2.23. The Hall–Kier alpha value is -3.42. The van der Waals surface area contributed by atoms with Crippen molar-refractivity contribution in [3.63, 3.8) is 0 Å². The Bertz CT molecular complexity index is 884. The van der Waals surface area contributed by atoms with Crippen LogP contribution in [0.3, 0.4) is 0 Å². The highest BCUT2D eigenvalue weighted by molar-refractivity contribution is 5.99. The summed E-state index contributed by atoms with van der Waals surface area (Å²) in [4.78, 5) is 35.2. The number of hydrogen-bond donors (Lipinski definition) is 2. The number of nitro benzene ring substituents is 1. The van der Waals surface area contributed by atoms with Crippen molar-refractivity contribution in [1.29, 1.82) is 0 Å². The smallest absolute Gasteiger partial charge is 0.282 e. The molecule has 0 radical (unpaired) electrons. The molecule has 29 heavy (non-hydrogen) atoms. The second kappa shape index (κ2) is 10.2. The van der Waals surface area contributed by atoms with Gasteiger partial charge in [-0.15, -0.1) is 0 Å². The molecule has 2 N–H and O–H groups in total.